The summed E-state index contributed by atoms with van der Waals surface area (Å²) in [4.78, 5) is 0. The maximum absolute atomic E-state index is 12.1. The second kappa shape index (κ2) is 6.88. The van der Waals surface area contributed by atoms with Crippen molar-refractivity contribution in [3.05, 3.63) is 0 Å². The number of ether oxygens (including phenoxy) is 1. The van der Waals surface area contributed by atoms with Gasteiger partial charge >= 0.3 is 5.51 Å². The van der Waals surface area contributed by atoms with Crippen molar-refractivity contribution in [2.75, 3.05) is 18.9 Å². The molecule has 0 heterocycles. The fraction of sp³-hybridized carbons (Fsp3) is 1.00. The molecule has 0 aromatic heterocycles. The highest BCUT2D eigenvalue weighted by Crippen LogP contribution is 2.53. The molecule has 20 heavy (non-hydrogen) atoms. The average molecular weight is 311 g/mol. The standard InChI is InChI=1S/C14H24F3NOS/c1-2-19-12-10-11(13(12)6-4-3-5-7-13)18-8-9-20-14(15,16)17/h11-12,18H,2-10H2,1H3. The molecule has 118 valence electrons. The molecule has 0 amide bonds. The maximum atomic E-state index is 12.1. The second-order valence-corrected chi connectivity index (χ2v) is 6.93. The van der Waals surface area contributed by atoms with Gasteiger partial charge in [0.15, 0.2) is 0 Å². The van der Waals surface area contributed by atoms with E-state index in [1.807, 2.05) is 6.92 Å². The van der Waals surface area contributed by atoms with Crippen molar-refractivity contribution in [1.82, 2.24) is 5.32 Å². The van der Waals surface area contributed by atoms with Crippen molar-refractivity contribution in [2.45, 2.75) is 63.1 Å². The molecule has 0 aromatic rings. The van der Waals surface area contributed by atoms with Gasteiger partial charge in [-0.15, -0.1) is 0 Å². The van der Waals surface area contributed by atoms with Crippen molar-refractivity contribution in [1.29, 1.82) is 0 Å². The molecule has 2 nitrogen and oxygen atoms in total. The first-order valence-electron chi connectivity index (χ1n) is 7.53. The van der Waals surface area contributed by atoms with E-state index >= 15 is 0 Å². The lowest BCUT2D eigenvalue weighted by molar-refractivity contribution is -0.149. The molecule has 2 rings (SSSR count). The van der Waals surface area contributed by atoms with E-state index in [1.165, 1.54) is 19.3 Å². The summed E-state index contributed by atoms with van der Waals surface area (Å²) >= 11 is 0.0625. The zero-order valence-corrected chi connectivity index (χ0v) is 12.8. The first-order valence-corrected chi connectivity index (χ1v) is 8.52. The van der Waals surface area contributed by atoms with Crippen LogP contribution >= 0.6 is 11.8 Å². The van der Waals surface area contributed by atoms with Gasteiger partial charge in [-0.3, -0.25) is 0 Å². The SMILES string of the molecule is CCOC1CC(NCCSC(F)(F)F)C12CCCCC2. The molecular weight excluding hydrogens is 287 g/mol. The molecule has 0 aromatic carbocycles. The minimum atomic E-state index is -4.11. The van der Waals surface area contributed by atoms with Crippen molar-refractivity contribution >= 4 is 11.8 Å². The van der Waals surface area contributed by atoms with Crippen LogP contribution in [0.15, 0.2) is 0 Å². The van der Waals surface area contributed by atoms with Crippen LogP contribution in [0.5, 0.6) is 0 Å². The number of thioether (sulfide) groups is 1. The summed E-state index contributed by atoms with van der Waals surface area (Å²) in [6, 6.07) is 0.341. The van der Waals surface area contributed by atoms with Crippen molar-refractivity contribution in [2.24, 2.45) is 5.41 Å². The van der Waals surface area contributed by atoms with Crippen LogP contribution in [0.4, 0.5) is 13.2 Å². The van der Waals surface area contributed by atoms with Gasteiger partial charge < -0.3 is 10.1 Å². The highest BCUT2D eigenvalue weighted by Gasteiger charge is 2.55. The fourth-order valence-corrected chi connectivity index (χ4v) is 4.20. The average Bonchev–Trinajstić information content (AvgIpc) is 2.41. The summed E-state index contributed by atoms with van der Waals surface area (Å²) in [5.41, 5.74) is -3.92. The summed E-state index contributed by atoms with van der Waals surface area (Å²) < 4.78 is 42.1. The van der Waals surface area contributed by atoms with Crippen molar-refractivity contribution in [3.63, 3.8) is 0 Å². The van der Waals surface area contributed by atoms with Gasteiger partial charge in [0.1, 0.15) is 0 Å². The van der Waals surface area contributed by atoms with Gasteiger partial charge in [-0.05, 0) is 37.9 Å². The summed E-state index contributed by atoms with van der Waals surface area (Å²) in [6.07, 6.45) is 7.28. The van der Waals surface area contributed by atoms with Crippen LogP contribution in [0, 0.1) is 5.41 Å². The van der Waals surface area contributed by atoms with E-state index in [4.69, 9.17) is 4.74 Å². The summed E-state index contributed by atoms with van der Waals surface area (Å²) in [5.74, 6) is 0.0926. The second-order valence-electron chi connectivity index (χ2n) is 5.77. The Morgan fingerprint density at radius 3 is 2.55 bits per heavy atom. The Balaban J connectivity index is 1.79. The molecule has 2 aliphatic rings. The Morgan fingerprint density at radius 2 is 1.95 bits per heavy atom. The normalized spacial score (nSPS) is 29.4. The summed E-state index contributed by atoms with van der Waals surface area (Å²) in [6.45, 7) is 3.16. The fourth-order valence-electron chi connectivity index (χ4n) is 3.75. The minimum absolute atomic E-state index is 0.0625. The van der Waals surface area contributed by atoms with E-state index in [1.54, 1.807) is 0 Å². The molecule has 0 saturated heterocycles. The molecule has 0 bridgehead atoms. The Morgan fingerprint density at radius 1 is 1.25 bits per heavy atom. The first-order chi connectivity index (χ1) is 9.48. The maximum Gasteiger partial charge on any atom is 0.441 e. The molecular formula is C14H24F3NOS. The van der Waals surface area contributed by atoms with Crippen LogP contribution < -0.4 is 5.32 Å². The molecule has 2 saturated carbocycles. The topological polar surface area (TPSA) is 21.3 Å². The van der Waals surface area contributed by atoms with E-state index in [-0.39, 0.29) is 22.9 Å². The lowest BCUT2D eigenvalue weighted by Crippen LogP contribution is -2.64. The molecule has 2 atom stereocenters. The zero-order chi connectivity index (χ0) is 14.6. The Bertz CT molecular complexity index is 305. The first kappa shape index (κ1) is 16.4. The van der Waals surface area contributed by atoms with Crippen LogP contribution in [0.1, 0.15) is 45.4 Å². The number of nitrogens with one attached hydrogen (secondary N) is 1. The van der Waals surface area contributed by atoms with Crippen molar-refractivity contribution < 1.29 is 17.9 Å². The highest BCUT2D eigenvalue weighted by atomic mass is 32.2. The molecule has 0 aliphatic heterocycles. The predicted molar refractivity (Wildman–Crippen MR) is 75.9 cm³/mol. The molecule has 1 spiro atoms. The summed E-state index contributed by atoms with van der Waals surface area (Å²) in [7, 11) is 0. The number of hydrogen-bond donors (Lipinski definition) is 1. The lowest BCUT2D eigenvalue weighted by atomic mass is 9.55. The number of rotatable bonds is 6. The number of hydrogen-bond acceptors (Lipinski definition) is 3. The third-order valence-electron chi connectivity index (χ3n) is 4.70. The Labute approximate surface area is 123 Å². The largest absolute Gasteiger partial charge is 0.441 e. The van der Waals surface area contributed by atoms with Gasteiger partial charge in [0.2, 0.25) is 0 Å². The summed E-state index contributed by atoms with van der Waals surface area (Å²) in [5, 5.41) is 3.34. The van der Waals surface area contributed by atoms with Gasteiger partial charge in [0.25, 0.3) is 0 Å². The van der Waals surface area contributed by atoms with Crippen LogP contribution in [-0.4, -0.2) is 36.6 Å². The van der Waals surface area contributed by atoms with Crippen LogP contribution in [0.3, 0.4) is 0 Å². The third kappa shape index (κ3) is 3.83. The monoisotopic (exact) mass is 311 g/mol. The third-order valence-corrected chi connectivity index (χ3v) is 5.43. The predicted octanol–water partition coefficient (Wildman–Crippen LogP) is 3.96. The zero-order valence-electron chi connectivity index (χ0n) is 12.0. The smallest absolute Gasteiger partial charge is 0.378 e. The molecule has 6 heteroatoms. The number of halogens is 3. The van der Waals surface area contributed by atoms with Gasteiger partial charge in [-0.1, -0.05) is 19.3 Å². The highest BCUT2D eigenvalue weighted by molar-refractivity contribution is 8.00. The minimum Gasteiger partial charge on any atom is -0.378 e. The number of alkyl halides is 3. The van der Waals surface area contributed by atoms with E-state index in [0.717, 1.165) is 25.9 Å². The van der Waals surface area contributed by atoms with E-state index in [9.17, 15) is 13.2 Å². The van der Waals surface area contributed by atoms with Gasteiger partial charge in [0, 0.05) is 30.4 Å². The van der Waals surface area contributed by atoms with Gasteiger partial charge in [-0.25, -0.2) is 0 Å². The molecule has 0 radical (unpaired) electrons. The van der Waals surface area contributed by atoms with E-state index in [0.29, 0.717) is 18.7 Å². The van der Waals surface area contributed by atoms with Crippen LogP contribution in [0.2, 0.25) is 0 Å². The lowest BCUT2D eigenvalue weighted by Gasteiger charge is -2.58. The Hall–Kier alpha value is 0.0600. The van der Waals surface area contributed by atoms with Gasteiger partial charge in [-0.2, -0.15) is 13.2 Å². The van der Waals surface area contributed by atoms with Crippen molar-refractivity contribution in [3.8, 4) is 0 Å². The van der Waals surface area contributed by atoms with Crippen LogP contribution in [-0.2, 0) is 4.74 Å². The van der Waals surface area contributed by atoms with Crippen LogP contribution in [0.25, 0.3) is 0 Å². The quantitative estimate of drug-likeness (QED) is 0.750. The molecule has 1 N–H and O–H groups in total. The van der Waals surface area contributed by atoms with E-state index < -0.39 is 5.51 Å². The molecule has 2 aliphatic carbocycles. The molecule has 2 fully saturated rings. The molecule has 2 unspecified atom stereocenters. The van der Waals surface area contributed by atoms with E-state index in [2.05, 4.69) is 5.32 Å². The van der Waals surface area contributed by atoms with Gasteiger partial charge in [0.05, 0.1) is 6.10 Å². The Kier molecular flexibility index (Phi) is 5.65.